The zero-order valence-electron chi connectivity index (χ0n) is 15.9. The number of amides is 3. The highest BCUT2D eigenvalue weighted by Gasteiger charge is 2.49. The van der Waals surface area contributed by atoms with E-state index in [9.17, 15) is 14.4 Å². The molecule has 1 aliphatic carbocycles. The fourth-order valence-electron chi connectivity index (χ4n) is 3.44. The molecule has 1 saturated carbocycles. The molecular formula is C20H27N3O4. The third-order valence-electron chi connectivity index (χ3n) is 5.28. The molecule has 1 aromatic rings. The van der Waals surface area contributed by atoms with Gasteiger partial charge in [0.2, 0.25) is 11.8 Å². The normalized spacial score (nSPS) is 21.6. The summed E-state index contributed by atoms with van der Waals surface area (Å²) in [5.74, 6) is -0.489. The lowest BCUT2D eigenvalue weighted by molar-refractivity contribution is -0.136. The molecule has 27 heavy (non-hydrogen) atoms. The van der Waals surface area contributed by atoms with Crippen molar-refractivity contribution in [1.82, 2.24) is 15.1 Å². The number of hydrogen-bond donors (Lipinski definition) is 1. The van der Waals surface area contributed by atoms with Crippen LogP contribution in [0.15, 0.2) is 24.3 Å². The van der Waals surface area contributed by atoms with E-state index in [0.29, 0.717) is 45.8 Å². The lowest BCUT2D eigenvalue weighted by Crippen LogP contribution is -2.51. The maximum atomic E-state index is 12.6. The molecule has 3 rings (SSSR count). The SMILES string of the molecule is CCOC(=O)N1CCN(C(=O)C2CC2C(=O)NCc2ccccc2C)CC1. The highest BCUT2D eigenvalue weighted by atomic mass is 16.6. The minimum absolute atomic E-state index is 0.0227. The largest absolute Gasteiger partial charge is 0.450 e. The van der Waals surface area contributed by atoms with Crippen LogP contribution in [-0.4, -0.2) is 60.5 Å². The zero-order chi connectivity index (χ0) is 19.4. The Morgan fingerprint density at radius 1 is 1.07 bits per heavy atom. The average Bonchev–Trinajstić information content (AvgIpc) is 3.48. The number of carbonyl (C=O) groups is 3. The van der Waals surface area contributed by atoms with Crippen LogP contribution >= 0.6 is 0 Å². The van der Waals surface area contributed by atoms with Gasteiger partial charge in [0, 0.05) is 32.7 Å². The van der Waals surface area contributed by atoms with Gasteiger partial charge >= 0.3 is 6.09 Å². The Kier molecular flexibility index (Phi) is 5.98. The third-order valence-corrected chi connectivity index (χ3v) is 5.28. The van der Waals surface area contributed by atoms with Crippen molar-refractivity contribution in [1.29, 1.82) is 0 Å². The smallest absolute Gasteiger partial charge is 0.409 e. The van der Waals surface area contributed by atoms with Crippen LogP contribution in [0.3, 0.4) is 0 Å². The molecule has 2 fully saturated rings. The lowest BCUT2D eigenvalue weighted by Gasteiger charge is -2.34. The van der Waals surface area contributed by atoms with Gasteiger partial charge in [0.15, 0.2) is 0 Å². The van der Waals surface area contributed by atoms with Gasteiger partial charge in [-0.3, -0.25) is 9.59 Å². The van der Waals surface area contributed by atoms with Crippen molar-refractivity contribution < 1.29 is 19.1 Å². The summed E-state index contributed by atoms with van der Waals surface area (Å²) in [5, 5.41) is 2.95. The van der Waals surface area contributed by atoms with E-state index in [4.69, 9.17) is 4.74 Å². The van der Waals surface area contributed by atoms with E-state index in [0.717, 1.165) is 11.1 Å². The van der Waals surface area contributed by atoms with Gasteiger partial charge in [-0.15, -0.1) is 0 Å². The van der Waals surface area contributed by atoms with Gasteiger partial charge < -0.3 is 19.9 Å². The van der Waals surface area contributed by atoms with Gasteiger partial charge in [0.05, 0.1) is 18.4 Å². The molecule has 2 aliphatic rings. The van der Waals surface area contributed by atoms with Crippen LogP contribution in [-0.2, 0) is 20.9 Å². The fourth-order valence-corrected chi connectivity index (χ4v) is 3.44. The molecule has 0 radical (unpaired) electrons. The Morgan fingerprint density at radius 2 is 1.74 bits per heavy atom. The molecule has 1 aromatic carbocycles. The number of carbonyl (C=O) groups excluding carboxylic acids is 3. The van der Waals surface area contributed by atoms with Crippen LogP contribution in [0.1, 0.15) is 24.5 Å². The minimum Gasteiger partial charge on any atom is -0.450 e. The van der Waals surface area contributed by atoms with E-state index in [1.54, 1.807) is 16.7 Å². The van der Waals surface area contributed by atoms with Gasteiger partial charge in [0.25, 0.3) is 0 Å². The second kappa shape index (κ2) is 8.41. The molecule has 1 aliphatic heterocycles. The summed E-state index contributed by atoms with van der Waals surface area (Å²) >= 11 is 0. The number of rotatable bonds is 5. The maximum absolute atomic E-state index is 12.6. The first-order valence-electron chi connectivity index (χ1n) is 9.54. The van der Waals surface area contributed by atoms with Crippen molar-refractivity contribution >= 4 is 17.9 Å². The first kappa shape index (κ1) is 19.2. The fraction of sp³-hybridized carbons (Fsp3) is 0.550. The molecule has 2 atom stereocenters. The number of piperazine rings is 1. The highest BCUT2D eigenvalue weighted by Crippen LogP contribution is 2.40. The number of nitrogens with one attached hydrogen (secondary N) is 1. The molecular weight excluding hydrogens is 346 g/mol. The Hall–Kier alpha value is -2.57. The van der Waals surface area contributed by atoms with Gasteiger partial charge in [-0.2, -0.15) is 0 Å². The number of ether oxygens (including phenoxy) is 1. The van der Waals surface area contributed by atoms with Crippen molar-refractivity contribution in [2.75, 3.05) is 32.8 Å². The standard InChI is InChI=1S/C20H27N3O4/c1-3-27-20(26)23-10-8-22(9-11-23)19(25)17-12-16(17)18(24)21-13-15-7-5-4-6-14(15)2/h4-7,16-17H,3,8-13H2,1-2H3,(H,21,24). The number of aryl methyl sites for hydroxylation is 1. The molecule has 146 valence electrons. The second-order valence-corrected chi connectivity index (χ2v) is 7.10. The predicted molar refractivity (Wildman–Crippen MR) is 99.8 cm³/mol. The molecule has 3 amide bonds. The number of nitrogens with zero attached hydrogens (tertiary/aromatic N) is 2. The van der Waals surface area contributed by atoms with Crippen LogP contribution in [0.5, 0.6) is 0 Å². The average molecular weight is 373 g/mol. The van der Waals surface area contributed by atoms with Crippen molar-refractivity contribution in [2.24, 2.45) is 11.8 Å². The van der Waals surface area contributed by atoms with E-state index in [1.807, 2.05) is 31.2 Å². The molecule has 2 unspecified atom stereocenters. The van der Waals surface area contributed by atoms with E-state index in [2.05, 4.69) is 5.32 Å². The quantitative estimate of drug-likeness (QED) is 0.849. The summed E-state index contributed by atoms with van der Waals surface area (Å²) in [4.78, 5) is 40.1. The Bertz CT molecular complexity index is 713. The molecule has 0 spiro atoms. The van der Waals surface area contributed by atoms with Gasteiger partial charge in [0.1, 0.15) is 0 Å². The monoisotopic (exact) mass is 373 g/mol. The van der Waals surface area contributed by atoms with Crippen molar-refractivity contribution in [3.05, 3.63) is 35.4 Å². The first-order chi connectivity index (χ1) is 13.0. The van der Waals surface area contributed by atoms with Crippen molar-refractivity contribution in [3.63, 3.8) is 0 Å². The summed E-state index contributed by atoms with van der Waals surface area (Å²) in [6.45, 7) is 6.55. The highest BCUT2D eigenvalue weighted by molar-refractivity contribution is 5.92. The van der Waals surface area contributed by atoms with E-state index < -0.39 is 0 Å². The molecule has 1 saturated heterocycles. The van der Waals surface area contributed by atoms with Crippen LogP contribution in [0.2, 0.25) is 0 Å². The third kappa shape index (κ3) is 4.59. The van der Waals surface area contributed by atoms with E-state index >= 15 is 0 Å². The summed E-state index contributed by atoms with van der Waals surface area (Å²) < 4.78 is 4.99. The van der Waals surface area contributed by atoms with Gasteiger partial charge in [-0.25, -0.2) is 4.79 Å². The van der Waals surface area contributed by atoms with Crippen LogP contribution in [0.4, 0.5) is 4.79 Å². The summed E-state index contributed by atoms with van der Waals surface area (Å²) in [6.07, 6.45) is 0.278. The Labute approximate surface area is 159 Å². The topological polar surface area (TPSA) is 79.0 Å². The predicted octanol–water partition coefficient (Wildman–Crippen LogP) is 1.55. The summed E-state index contributed by atoms with van der Waals surface area (Å²) in [7, 11) is 0. The molecule has 7 heteroatoms. The second-order valence-electron chi connectivity index (χ2n) is 7.10. The van der Waals surface area contributed by atoms with Gasteiger partial charge in [-0.1, -0.05) is 24.3 Å². The zero-order valence-corrected chi connectivity index (χ0v) is 15.9. The number of benzene rings is 1. The maximum Gasteiger partial charge on any atom is 0.409 e. The lowest BCUT2D eigenvalue weighted by atomic mass is 10.1. The molecule has 1 N–H and O–H groups in total. The van der Waals surface area contributed by atoms with Crippen molar-refractivity contribution in [3.8, 4) is 0 Å². The number of hydrogen-bond acceptors (Lipinski definition) is 4. The summed E-state index contributed by atoms with van der Waals surface area (Å²) in [5.41, 5.74) is 2.23. The van der Waals surface area contributed by atoms with Gasteiger partial charge in [-0.05, 0) is 31.4 Å². The minimum atomic E-state index is -0.329. The van der Waals surface area contributed by atoms with E-state index in [1.165, 1.54) is 0 Å². The molecule has 0 bridgehead atoms. The van der Waals surface area contributed by atoms with E-state index in [-0.39, 0.29) is 29.7 Å². The first-order valence-corrected chi connectivity index (χ1v) is 9.54. The molecule has 1 heterocycles. The molecule has 7 nitrogen and oxygen atoms in total. The Balaban J connectivity index is 1.43. The van der Waals surface area contributed by atoms with Crippen molar-refractivity contribution in [2.45, 2.75) is 26.8 Å². The van der Waals surface area contributed by atoms with Crippen LogP contribution < -0.4 is 5.32 Å². The van der Waals surface area contributed by atoms with Crippen LogP contribution in [0, 0.1) is 18.8 Å². The Morgan fingerprint density at radius 3 is 2.41 bits per heavy atom. The summed E-state index contributed by atoms with van der Waals surface area (Å²) in [6, 6.07) is 7.93. The van der Waals surface area contributed by atoms with Crippen LogP contribution in [0.25, 0.3) is 0 Å². The molecule has 0 aromatic heterocycles.